The highest BCUT2D eigenvalue weighted by molar-refractivity contribution is 7.08. The van der Waals surface area contributed by atoms with Crippen molar-refractivity contribution in [2.75, 3.05) is 0 Å². The zero-order valence-corrected chi connectivity index (χ0v) is 7.27. The predicted molar refractivity (Wildman–Crippen MR) is 49.8 cm³/mol. The van der Waals surface area contributed by atoms with Crippen LogP contribution in [-0.4, -0.2) is 9.97 Å². The maximum atomic E-state index is 5.45. The van der Waals surface area contributed by atoms with Gasteiger partial charge >= 0.3 is 0 Å². The van der Waals surface area contributed by atoms with Crippen LogP contribution in [0, 0.1) is 0 Å². The minimum atomic E-state index is 0.511. The second-order valence-electron chi connectivity index (χ2n) is 2.47. The van der Waals surface area contributed by atoms with E-state index >= 15 is 0 Å². The Bertz CT molecular complexity index is 350. The number of hydrogen-bond donors (Lipinski definition) is 2. The minimum absolute atomic E-state index is 0.511. The summed E-state index contributed by atoms with van der Waals surface area (Å²) in [5.74, 6) is 0.900. The Balaban J connectivity index is 2.35. The largest absolute Gasteiger partial charge is 0.341 e. The number of imidazole rings is 1. The molecule has 0 amide bonds. The van der Waals surface area contributed by atoms with Gasteiger partial charge in [-0.15, -0.1) is 0 Å². The first kappa shape index (κ1) is 7.52. The minimum Gasteiger partial charge on any atom is -0.341 e. The van der Waals surface area contributed by atoms with Gasteiger partial charge in [0.25, 0.3) is 0 Å². The molecule has 0 aromatic carbocycles. The van der Waals surface area contributed by atoms with E-state index in [4.69, 9.17) is 5.73 Å². The Kier molecular flexibility index (Phi) is 1.93. The molecule has 3 N–H and O–H groups in total. The first-order chi connectivity index (χ1) is 5.90. The molecule has 0 spiro atoms. The number of hydrogen-bond acceptors (Lipinski definition) is 3. The molecular formula is C8H9N3S. The fraction of sp³-hybridized carbons (Fsp3) is 0.125. The summed E-state index contributed by atoms with van der Waals surface area (Å²) in [5, 5.41) is 4.08. The third-order valence-electron chi connectivity index (χ3n) is 1.64. The van der Waals surface area contributed by atoms with Gasteiger partial charge in [-0.05, 0) is 11.4 Å². The molecule has 62 valence electrons. The average molecular weight is 179 g/mol. The third-order valence-corrected chi connectivity index (χ3v) is 2.33. The first-order valence-corrected chi connectivity index (χ1v) is 4.61. The number of thiophene rings is 1. The molecule has 2 heterocycles. The van der Waals surface area contributed by atoms with Crippen LogP contribution in [0.4, 0.5) is 0 Å². The molecule has 0 radical (unpaired) electrons. The zero-order chi connectivity index (χ0) is 8.39. The van der Waals surface area contributed by atoms with Gasteiger partial charge in [-0.2, -0.15) is 11.3 Å². The lowest BCUT2D eigenvalue weighted by Gasteiger charge is -1.89. The maximum absolute atomic E-state index is 5.45. The molecule has 2 aromatic rings. The highest BCUT2D eigenvalue weighted by Gasteiger charge is 2.01. The van der Waals surface area contributed by atoms with Gasteiger partial charge < -0.3 is 10.7 Å². The smallest absolute Gasteiger partial charge is 0.138 e. The number of nitrogens with zero attached hydrogens (tertiary/aromatic N) is 1. The van der Waals surface area contributed by atoms with Crippen molar-refractivity contribution < 1.29 is 0 Å². The van der Waals surface area contributed by atoms with Crippen molar-refractivity contribution >= 4 is 11.3 Å². The number of aromatic amines is 1. The Labute approximate surface area is 74.3 Å². The number of nitrogens with two attached hydrogens (primary N) is 1. The van der Waals surface area contributed by atoms with Gasteiger partial charge in [-0.1, -0.05) is 0 Å². The standard InChI is InChI=1S/C8H9N3S/c9-3-7-4-10-8(11-7)6-1-2-12-5-6/h1-2,4-5H,3,9H2,(H,10,11). The number of nitrogens with one attached hydrogen (secondary N) is 1. The van der Waals surface area contributed by atoms with Gasteiger partial charge in [0.15, 0.2) is 0 Å². The van der Waals surface area contributed by atoms with Crippen molar-refractivity contribution in [1.29, 1.82) is 0 Å². The Morgan fingerprint density at radius 3 is 3.08 bits per heavy atom. The van der Waals surface area contributed by atoms with Crippen LogP contribution in [0.1, 0.15) is 5.69 Å². The van der Waals surface area contributed by atoms with Crippen molar-refractivity contribution in [2.45, 2.75) is 6.54 Å². The second-order valence-corrected chi connectivity index (χ2v) is 3.25. The van der Waals surface area contributed by atoms with Gasteiger partial charge in [0.2, 0.25) is 0 Å². The summed E-state index contributed by atoms with van der Waals surface area (Å²) in [6.45, 7) is 0.511. The van der Waals surface area contributed by atoms with Crippen LogP contribution in [-0.2, 0) is 6.54 Å². The van der Waals surface area contributed by atoms with Gasteiger partial charge in [0.05, 0.1) is 0 Å². The van der Waals surface area contributed by atoms with E-state index in [1.54, 1.807) is 17.5 Å². The van der Waals surface area contributed by atoms with Crippen molar-refractivity contribution in [3.63, 3.8) is 0 Å². The molecule has 0 saturated heterocycles. The van der Waals surface area contributed by atoms with Crippen molar-refractivity contribution in [3.05, 3.63) is 28.7 Å². The van der Waals surface area contributed by atoms with Crippen LogP contribution in [0.3, 0.4) is 0 Å². The summed E-state index contributed by atoms with van der Waals surface area (Å²) in [6.07, 6.45) is 1.77. The summed E-state index contributed by atoms with van der Waals surface area (Å²) in [5.41, 5.74) is 7.54. The van der Waals surface area contributed by atoms with Crippen LogP contribution in [0.25, 0.3) is 11.4 Å². The maximum Gasteiger partial charge on any atom is 0.138 e. The monoisotopic (exact) mass is 179 g/mol. The molecule has 0 fully saturated rings. The highest BCUT2D eigenvalue weighted by atomic mass is 32.1. The van der Waals surface area contributed by atoms with Crippen molar-refractivity contribution in [1.82, 2.24) is 9.97 Å². The fourth-order valence-electron chi connectivity index (χ4n) is 1.01. The van der Waals surface area contributed by atoms with E-state index in [1.807, 2.05) is 11.4 Å². The van der Waals surface area contributed by atoms with Gasteiger partial charge in [-0.25, -0.2) is 4.98 Å². The third kappa shape index (κ3) is 1.26. The van der Waals surface area contributed by atoms with Crippen LogP contribution in [0.15, 0.2) is 23.0 Å². The summed E-state index contributed by atoms with van der Waals surface area (Å²) >= 11 is 1.66. The molecule has 4 heteroatoms. The van der Waals surface area contributed by atoms with Crippen molar-refractivity contribution in [2.24, 2.45) is 5.73 Å². The normalized spacial score (nSPS) is 10.4. The van der Waals surface area contributed by atoms with E-state index in [0.717, 1.165) is 17.1 Å². The van der Waals surface area contributed by atoms with E-state index in [-0.39, 0.29) is 0 Å². The van der Waals surface area contributed by atoms with E-state index in [2.05, 4.69) is 15.3 Å². The molecule has 2 rings (SSSR count). The van der Waals surface area contributed by atoms with Crippen LogP contribution >= 0.6 is 11.3 Å². The summed E-state index contributed by atoms with van der Waals surface area (Å²) in [4.78, 5) is 7.34. The van der Waals surface area contributed by atoms with E-state index in [9.17, 15) is 0 Å². The van der Waals surface area contributed by atoms with Gasteiger partial charge in [0.1, 0.15) is 5.82 Å². The zero-order valence-electron chi connectivity index (χ0n) is 6.45. The molecule has 0 bridgehead atoms. The fourth-order valence-corrected chi connectivity index (χ4v) is 1.65. The number of H-pyrrole nitrogens is 1. The summed E-state index contributed by atoms with van der Waals surface area (Å²) in [7, 11) is 0. The van der Waals surface area contributed by atoms with Crippen LogP contribution in [0.2, 0.25) is 0 Å². The number of aromatic nitrogens is 2. The summed E-state index contributed by atoms with van der Waals surface area (Å²) in [6, 6.07) is 2.03. The molecule has 0 aliphatic carbocycles. The van der Waals surface area contributed by atoms with E-state index in [1.165, 1.54) is 0 Å². The van der Waals surface area contributed by atoms with Gasteiger partial charge in [-0.3, -0.25) is 0 Å². The molecule has 12 heavy (non-hydrogen) atoms. The Morgan fingerprint density at radius 2 is 2.50 bits per heavy atom. The molecule has 0 atom stereocenters. The molecule has 0 saturated carbocycles. The SMILES string of the molecule is NCc1cnc(-c2ccsc2)[nH]1. The van der Waals surface area contributed by atoms with E-state index in [0.29, 0.717) is 6.54 Å². The Hall–Kier alpha value is -1.13. The van der Waals surface area contributed by atoms with E-state index < -0.39 is 0 Å². The topological polar surface area (TPSA) is 54.7 Å². The lowest BCUT2D eigenvalue weighted by Crippen LogP contribution is -1.95. The van der Waals surface area contributed by atoms with Gasteiger partial charge in [0, 0.05) is 29.4 Å². The molecule has 0 unspecified atom stereocenters. The molecule has 0 aliphatic heterocycles. The first-order valence-electron chi connectivity index (χ1n) is 3.66. The number of rotatable bonds is 2. The van der Waals surface area contributed by atoms with Crippen molar-refractivity contribution in [3.8, 4) is 11.4 Å². The second kappa shape index (κ2) is 3.08. The quantitative estimate of drug-likeness (QED) is 0.735. The van der Waals surface area contributed by atoms with Crippen LogP contribution < -0.4 is 5.73 Å². The molecular weight excluding hydrogens is 170 g/mol. The lowest BCUT2D eigenvalue weighted by molar-refractivity contribution is 1.01. The average Bonchev–Trinajstić information content (AvgIpc) is 2.75. The lowest BCUT2D eigenvalue weighted by atomic mass is 10.3. The predicted octanol–water partition coefficient (Wildman–Crippen LogP) is 1.60. The Morgan fingerprint density at radius 1 is 1.58 bits per heavy atom. The van der Waals surface area contributed by atoms with Crippen LogP contribution in [0.5, 0.6) is 0 Å². The highest BCUT2D eigenvalue weighted by Crippen LogP contribution is 2.18. The molecule has 0 aliphatic rings. The molecule has 2 aromatic heterocycles. The molecule has 3 nitrogen and oxygen atoms in total. The summed E-state index contributed by atoms with van der Waals surface area (Å²) < 4.78 is 0.